The number of rotatable bonds is 19. The fourth-order valence-electron chi connectivity index (χ4n) is 7.57. The van der Waals surface area contributed by atoms with Crippen LogP contribution in [0.25, 0.3) is 21.7 Å². The Morgan fingerprint density at radius 2 is 1.24 bits per heavy atom. The lowest BCUT2D eigenvalue weighted by molar-refractivity contribution is -0.135. The van der Waals surface area contributed by atoms with E-state index in [1.54, 1.807) is 6.20 Å². The number of H-pyrrole nitrogens is 1. The second kappa shape index (κ2) is 20.4. The van der Waals surface area contributed by atoms with Crippen molar-refractivity contribution < 1.29 is 24.0 Å². The Bertz CT molecular complexity index is 2180. The van der Waals surface area contributed by atoms with E-state index in [0.717, 1.165) is 38.4 Å². The average Bonchev–Trinajstić information content (AvgIpc) is 3.65. The van der Waals surface area contributed by atoms with E-state index in [1.807, 2.05) is 97.1 Å². The minimum Gasteiger partial charge on any atom is -0.368 e. The summed E-state index contributed by atoms with van der Waals surface area (Å²) in [7, 11) is 0. The van der Waals surface area contributed by atoms with Crippen molar-refractivity contribution in [3.8, 4) is 0 Å². The van der Waals surface area contributed by atoms with Gasteiger partial charge in [-0.25, -0.2) is 0 Å². The van der Waals surface area contributed by atoms with Crippen molar-refractivity contribution in [3.63, 3.8) is 0 Å². The lowest BCUT2D eigenvalue weighted by atomic mass is 9.95. The number of hydrogen-bond donors (Lipinski definition) is 8. The normalized spacial score (nSPS) is 15.2. The molecule has 4 unspecified atom stereocenters. The fraction of sp³-hybridized carbons (Fsp3) is 0.356. The highest BCUT2D eigenvalue weighted by atomic mass is 16.2. The Morgan fingerprint density at radius 1 is 0.638 bits per heavy atom. The van der Waals surface area contributed by atoms with Gasteiger partial charge in [-0.1, -0.05) is 91.0 Å². The van der Waals surface area contributed by atoms with Crippen LogP contribution in [-0.2, 0) is 43.2 Å². The molecule has 4 aromatic carbocycles. The number of carbonyl (C=O) groups is 5. The number of nitrogens with one attached hydrogen (secondary N) is 6. The van der Waals surface area contributed by atoms with Crippen molar-refractivity contribution in [3.05, 3.63) is 120 Å². The molecule has 1 aromatic heterocycles. The van der Waals surface area contributed by atoms with Crippen LogP contribution < -0.4 is 38.1 Å². The van der Waals surface area contributed by atoms with Gasteiger partial charge in [0.25, 0.3) is 0 Å². The van der Waals surface area contributed by atoms with Crippen LogP contribution in [-0.4, -0.2) is 78.3 Å². The first kappa shape index (κ1) is 41.6. The maximum atomic E-state index is 14.6. The molecule has 2 heterocycles. The largest absolute Gasteiger partial charge is 0.368 e. The highest BCUT2D eigenvalue weighted by Gasteiger charge is 2.33. The number of aromatic amines is 1. The van der Waals surface area contributed by atoms with Crippen LogP contribution in [0.4, 0.5) is 0 Å². The summed E-state index contributed by atoms with van der Waals surface area (Å²) in [5.74, 6) is -2.89. The number of hydrogen-bond acceptors (Lipinski definition) is 7. The van der Waals surface area contributed by atoms with Crippen LogP contribution in [0.2, 0.25) is 0 Å². The molecule has 1 fully saturated rings. The Hall–Kier alpha value is -6.05. The molecule has 1 saturated heterocycles. The van der Waals surface area contributed by atoms with Crippen molar-refractivity contribution in [1.82, 2.24) is 31.6 Å². The number of aromatic nitrogens is 1. The number of piperidine rings is 1. The van der Waals surface area contributed by atoms with Crippen LogP contribution in [0, 0.1) is 5.92 Å². The number of benzene rings is 4. The molecule has 0 spiro atoms. The summed E-state index contributed by atoms with van der Waals surface area (Å²) in [6.07, 6.45) is 5.00. The lowest BCUT2D eigenvalue weighted by Gasteiger charge is -2.28. The second-order valence-electron chi connectivity index (χ2n) is 15.1. The molecule has 4 atom stereocenters. The van der Waals surface area contributed by atoms with E-state index in [9.17, 15) is 24.0 Å². The number of unbranched alkanes of at least 4 members (excludes halogenated alkanes) is 1. The van der Waals surface area contributed by atoms with Gasteiger partial charge in [0.1, 0.15) is 24.2 Å². The SMILES string of the molecule is NCCCCC(NC(=O)C(Cc1ccccc1)NC(=O)C(Cc1c[nH]c2ccccc12)NC(=O)C(Cc1ccc2ccccc2c1)NC(=O)C1CCNCC1)C(N)=O. The van der Waals surface area contributed by atoms with Gasteiger partial charge in [-0.2, -0.15) is 0 Å². The molecule has 58 heavy (non-hydrogen) atoms. The van der Waals surface area contributed by atoms with E-state index in [1.165, 1.54) is 0 Å². The molecule has 10 N–H and O–H groups in total. The van der Waals surface area contributed by atoms with Crippen molar-refractivity contribution >= 4 is 51.2 Å². The summed E-state index contributed by atoms with van der Waals surface area (Å²) in [6, 6.07) is 26.4. The van der Waals surface area contributed by atoms with Gasteiger partial charge in [0.05, 0.1) is 0 Å². The number of amides is 5. The van der Waals surface area contributed by atoms with Gasteiger partial charge in [-0.15, -0.1) is 0 Å². The van der Waals surface area contributed by atoms with Crippen LogP contribution in [0.15, 0.2) is 103 Å². The van der Waals surface area contributed by atoms with E-state index in [-0.39, 0.29) is 31.1 Å². The fourth-order valence-corrected chi connectivity index (χ4v) is 7.57. The minimum atomic E-state index is -1.16. The Kier molecular flexibility index (Phi) is 14.6. The maximum Gasteiger partial charge on any atom is 0.243 e. The number of para-hydroxylation sites is 1. The zero-order valence-corrected chi connectivity index (χ0v) is 32.7. The first-order valence-electron chi connectivity index (χ1n) is 20.2. The molecule has 13 nitrogen and oxygen atoms in total. The van der Waals surface area contributed by atoms with E-state index in [2.05, 4.69) is 31.6 Å². The first-order chi connectivity index (χ1) is 28.2. The topological polar surface area (TPSA) is 213 Å². The van der Waals surface area contributed by atoms with E-state index in [4.69, 9.17) is 11.5 Å². The van der Waals surface area contributed by atoms with Crippen LogP contribution in [0.3, 0.4) is 0 Å². The van der Waals surface area contributed by atoms with Gasteiger partial charge < -0.3 is 43.0 Å². The molecular weight excluding hydrogens is 733 g/mol. The third-order valence-corrected chi connectivity index (χ3v) is 10.9. The predicted molar refractivity (Wildman–Crippen MR) is 225 cm³/mol. The van der Waals surface area contributed by atoms with Crippen LogP contribution in [0.1, 0.15) is 48.8 Å². The van der Waals surface area contributed by atoms with Gasteiger partial charge in [0, 0.05) is 42.3 Å². The highest BCUT2D eigenvalue weighted by molar-refractivity contribution is 5.96. The number of carbonyl (C=O) groups excluding carboxylic acids is 5. The summed E-state index contributed by atoms with van der Waals surface area (Å²) >= 11 is 0. The monoisotopic (exact) mass is 786 g/mol. The summed E-state index contributed by atoms with van der Waals surface area (Å²) < 4.78 is 0. The summed E-state index contributed by atoms with van der Waals surface area (Å²) in [5, 5.41) is 17.9. The highest BCUT2D eigenvalue weighted by Crippen LogP contribution is 2.21. The third kappa shape index (κ3) is 11.3. The number of fused-ring (bicyclic) bond motifs is 2. The molecular formula is C45H54N8O5. The molecule has 5 amide bonds. The molecule has 1 aliphatic rings. The van der Waals surface area contributed by atoms with Gasteiger partial charge in [0.15, 0.2) is 0 Å². The summed E-state index contributed by atoms with van der Waals surface area (Å²) in [6.45, 7) is 1.84. The smallest absolute Gasteiger partial charge is 0.243 e. The Balaban J connectivity index is 1.29. The van der Waals surface area contributed by atoms with Crippen molar-refractivity contribution in [2.24, 2.45) is 17.4 Å². The quantitative estimate of drug-likeness (QED) is 0.0586. The molecule has 1 aliphatic heterocycles. The molecule has 0 radical (unpaired) electrons. The predicted octanol–water partition coefficient (Wildman–Crippen LogP) is 2.90. The molecule has 0 saturated carbocycles. The number of primary amides is 1. The molecule has 6 rings (SSSR count). The molecule has 5 aromatic rings. The van der Waals surface area contributed by atoms with E-state index < -0.39 is 47.8 Å². The van der Waals surface area contributed by atoms with E-state index in [0.29, 0.717) is 51.7 Å². The first-order valence-corrected chi connectivity index (χ1v) is 20.2. The van der Waals surface area contributed by atoms with Gasteiger partial charge in [0.2, 0.25) is 29.5 Å². The van der Waals surface area contributed by atoms with Gasteiger partial charge in [-0.05, 0) is 85.3 Å². The zero-order chi connectivity index (χ0) is 40.9. The van der Waals surface area contributed by atoms with Gasteiger partial charge in [-0.3, -0.25) is 24.0 Å². The Labute approximate surface area is 338 Å². The lowest BCUT2D eigenvalue weighted by Crippen LogP contribution is -2.59. The van der Waals surface area contributed by atoms with Crippen LogP contribution in [0.5, 0.6) is 0 Å². The Morgan fingerprint density at radius 3 is 1.95 bits per heavy atom. The molecule has 13 heteroatoms. The molecule has 0 aliphatic carbocycles. The van der Waals surface area contributed by atoms with E-state index >= 15 is 0 Å². The molecule has 304 valence electrons. The minimum absolute atomic E-state index is 0.0786. The average molecular weight is 787 g/mol. The summed E-state index contributed by atoms with van der Waals surface area (Å²) in [4.78, 5) is 72.3. The van der Waals surface area contributed by atoms with Crippen molar-refractivity contribution in [2.45, 2.75) is 75.5 Å². The van der Waals surface area contributed by atoms with Crippen molar-refractivity contribution in [1.29, 1.82) is 0 Å². The van der Waals surface area contributed by atoms with Crippen LogP contribution >= 0.6 is 0 Å². The second-order valence-corrected chi connectivity index (χ2v) is 15.1. The number of nitrogens with two attached hydrogens (primary N) is 2. The zero-order valence-electron chi connectivity index (χ0n) is 32.7. The third-order valence-electron chi connectivity index (χ3n) is 10.9. The maximum absolute atomic E-state index is 14.6. The molecule has 0 bridgehead atoms. The summed E-state index contributed by atoms with van der Waals surface area (Å²) in [5.41, 5.74) is 14.6. The standard InChI is InChI=1S/C45H54N8O5/c46-21-9-8-16-37(41(47)54)50-43(56)38(25-29-10-2-1-3-11-29)52-45(58)40(27-34-28-49-36-15-7-6-14-35(34)36)53-44(57)39(51-42(55)32-19-22-48-23-20-32)26-30-17-18-31-12-4-5-13-33(31)24-30/h1-7,10-15,17-18,24,28,32,37-40,48-49H,8-9,16,19-23,25-27,46H2,(H2,47,54)(H,50,56)(H,51,55)(H,52,58)(H,53,57). The van der Waals surface area contributed by atoms with Gasteiger partial charge >= 0.3 is 0 Å². The van der Waals surface area contributed by atoms with Crippen molar-refractivity contribution in [2.75, 3.05) is 19.6 Å².